The molecular weight excluding hydrogens is 428 g/mol. The zero-order valence-electron chi connectivity index (χ0n) is 17.8. The summed E-state index contributed by atoms with van der Waals surface area (Å²) in [5.74, 6) is -3.11. The molecule has 0 saturated carbocycles. The van der Waals surface area contributed by atoms with Gasteiger partial charge in [0, 0.05) is 16.1 Å². The van der Waals surface area contributed by atoms with Gasteiger partial charge in [0.15, 0.2) is 5.78 Å². The highest BCUT2D eigenvalue weighted by Gasteiger charge is 2.54. The van der Waals surface area contributed by atoms with Gasteiger partial charge in [0.2, 0.25) is 0 Å². The Hall–Kier alpha value is -3.25. The van der Waals surface area contributed by atoms with E-state index in [-0.39, 0.29) is 17.3 Å². The van der Waals surface area contributed by atoms with Crippen LogP contribution in [0.1, 0.15) is 41.0 Å². The SMILES string of the molecule is C[C@@H]1C=CC[C@@H]2C(=O)N(N(C(=O)c3ccc(Cl)cc3)[C@@H](C)C(=O)c3ccccc3)C(=O)[C@H]12. The van der Waals surface area contributed by atoms with Gasteiger partial charge in [-0.2, -0.15) is 5.01 Å². The van der Waals surface area contributed by atoms with Crippen LogP contribution in [-0.2, 0) is 9.59 Å². The zero-order chi connectivity index (χ0) is 23.0. The number of imide groups is 1. The summed E-state index contributed by atoms with van der Waals surface area (Å²) in [5, 5.41) is 2.37. The molecule has 0 spiro atoms. The van der Waals surface area contributed by atoms with Crippen molar-refractivity contribution in [2.75, 3.05) is 0 Å². The summed E-state index contributed by atoms with van der Waals surface area (Å²) in [4.78, 5) is 53.6. The van der Waals surface area contributed by atoms with Gasteiger partial charge < -0.3 is 0 Å². The summed E-state index contributed by atoms with van der Waals surface area (Å²) in [6.07, 6.45) is 4.24. The Labute approximate surface area is 191 Å². The number of benzene rings is 2. The summed E-state index contributed by atoms with van der Waals surface area (Å²) < 4.78 is 0. The number of ketones is 1. The van der Waals surface area contributed by atoms with Crippen LogP contribution >= 0.6 is 11.6 Å². The normalized spacial score (nSPS) is 23.1. The number of fused-ring (bicyclic) bond motifs is 1. The summed E-state index contributed by atoms with van der Waals surface area (Å²) in [6, 6.07) is 13.6. The molecule has 6 nitrogen and oxygen atoms in total. The van der Waals surface area contributed by atoms with Crippen LogP contribution in [0.25, 0.3) is 0 Å². The van der Waals surface area contributed by atoms with Crippen molar-refractivity contribution in [1.29, 1.82) is 0 Å². The van der Waals surface area contributed by atoms with Crippen molar-refractivity contribution in [1.82, 2.24) is 10.0 Å². The number of Topliss-reactive ketones (excluding diaryl/α,β-unsaturated/α-hetero) is 1. The lowest BCUT2D eigenvalue weighted by Gasteiger charge is -2.34. The molecule has 1 aliphatic heterocycles. The molecule has 0 radical (unpaired) electrons. The fraction of sp³-hybridized carbons (Fsp3) is 0.280. The zero-order valence-corrected chi connectivity index (χ0v) is 18.5. The first-order valence-electron chi connectivity index (χ1n) is 10.5. The van der Waals surface area contributed by atoms with E-state index in [1.165, 1.54) is 19.1 Å². The van der Waals surface area contributed by atoms with Gasteiger partial charge in [-0.25, -0.2) is 5.01 Å². The van der Waals surface area contributed by atoms with Gasteiger partial charge >= 0.3 is 0 Å². The standard InChI is InChI=1S/C25H23ClN2O4/c1-15-7-6-10-20-21(15)25(32)28(24(20)31)27(23(30)18-11-13-19(26)14-12-18)16(2)22(29)17-8-4-3-5-9-17/h3-9,11-16,20-21H,10H2,1-2H3/t15-,16+,20+,21-/m1/s1. The Morgan fingerprint density at radius 1 is 1.00 bits per heavy atom. The molecule has 0 bridgehead atoms. The number of hydrogen-bond donors (Lipinski definition) is 0. The van der Waals surface area contributed by atoms with E-state index in [0.29, 0.717) is 17.0 Å². The third kappa shape index (κ3) is 3.75. The molecule has 7 heteroatoms. The van der Waals surface area contributed by atoms with Crippen molar-refractivity contribution in [3.05, 3.63) is 82.9 Å². The monoisotopic (exact) mass is 450 g/mol. The first-order valence-corrected chi connectivity index (χ1v) is 10.9. The minimum atomic E-state index is -1.07. The van der Waals surface area contributed by atoms with Gasteiger partial charge in [-0.15, -0.1) is 0 Å². The number of allylic oxidation sites excluding steroid dienone is 2. The third-order valence-corrected chi connectivity index (χ3v) is 6.42. The molecule has 0 N–H and O–H groups in total. The molecule has 1 heterocycles. The molecule has 164 valence electrons. The summed E-state index contributed by atoms with van der Waals surface area (Å²) in [5.41, 5.74) is 0.615. The molecule has 2 aromatic carbocycles. The van der Waals surface area contributed by atoms with E-state index in [9.17, 15) is 19.2 Å². The molecule has 0 aromatic heterocycles. The van der Waals surface area contributed by atoms with E-state index in [2.05, 4.69) is 0 Å². The van der Waals surface area contributed by atoms with Crippen LogP contribution in [0.5, 0.6) is 0 Å². The average molecular weight is 451 g/mol. The Balaban J connectivity index is 1.76. The van der Waals surface area contributed by atoms with Crippen molar-refractivity contribution < 1.29 is 19.2 Å². The number of hydrazine groups is 1. The van der Waals surface area contributed by atoms with Gasteiger partial charge in [-0.05, 0) is 43.5 Å². The van der Waals surface area contributed by atoms with Crippen LogP contribution in [0, 0.1) is 17.8 Å². The quantitative estimate of drug-likeness (QED) is 0.389. The molecule has 3 amide bonds. The van der Waals surface area contributed by atoms with Crippen LogP contribution < -0.4 is 0 Å². The fourth-order valence-corrected chi connectivity index (χ4v) is 4.59. The molecule has 4 rings (SSSR count). The van der Waals surface area contributed by atoms with Gasteiger partial charge in [-0.3, -0.25) is 19.2 Å². The number of nitrogens with zero attached hydrogens (tertiary/aromatic N) is 2. The first-order chi connectivity index (χ1) is 15.3. The largest absolute Gasteiger partial charge is 0.292 e. The molecule has 1 aliphatic carbocycles. The lowest BCUT2D eigenvalue weighted by molar-refractivity contribution is -0.156. The van der Waals surface area contributed by atoms with Crippen molar-refractivity contribution in [3.8, 4) is 0 Å². The third-order valence-electron chi connectivity index (χ3n) is 6.17. The highest BCUT2D eigenvalue weighted by Crippen LogP contribution is 2.40. The van der Waals surface area contributed by atoms with Gasteiger partial charge in [0.05, 0.1) is 11.8 Å². The van der Waals surface area contributed by atoms with Crippen molar-refractivity contribution in [2.45, 2.75) is 26.3 Å². The minimum absolute atomic E-state index is 0.136. The van der Waals surface area contributed by atoms with Crippen LogP contribution in [0.3, 0.4) is 0 Å². The van der Waals surface area contributed by atoms with Crippen LogP contribution in [0.4, 0.5) is 0 Å². The molecule has 0 unspecified atom stereocenters. The van der Waals surface area contributed by atoms with Crippen molar-refractivity contribution in [2.24, 2.45) is 17.8 Å². The molecule has 4 atom stereocenters. The summed E-state index contributed by atoms with van der Waals surface area (Å²) in [7, 11) is 0. The molecule has 1 fully saturated rings. The molecule has 2 aliphatic rings. The van der Waals surface area contributed by atoms with Crippen LogP contribution in [0.2, 0.25) is 5.02 Å². The highest BCUT2D eigenvalue weighted by atomic mass is 35.5. The van der Waals surface area contributed by atoms with E-state index < -0.39 is 35.6 Å². The number of carbonyl (C=O) groups excluding carboxylic acids is 4. The second-order valence-electron chi connectivity index (χ2n) is 8.21. The molecule has 2 aromatic rings. The Kier molecular flexibility index (Phi) is 5.98. The Morgan fingerprint density at radius 3 is 2.28 bits per heavy atom. The van der Waals surface area contributed by atoms with E-state index in [1.54, 1.807) is 42.5 Å². The average Bonchev–Trinajstić information content (AvgIpc) is 3.05. The van der Waals surface area contributed by atoms with Crippen LogP contribution in [0.15, 0.2) is 66.7 Å². The topological polar surface area (TPSA) is 74.8 Å². The Bertz CT molecular complexity index is 1100. The highest BCUT2D eigenvalue weighted by molar-refractivity contribution is 6.30. The summed E-state index contributed by atoms with van der Waals surface area (Å²) >= 11 is 5.96. The smallest absolute Gasteiger partial charge is 0.273 e. The van der Waals surface area contributed by atoms with Crippen LogP contribution in [-0.4, -0.2) is 39.6 Å². The lowest BCUT2D eigenvalue weighted by Crippen LogP contribution is -2.56. The summed E-state index contributed by atoms with van der Waals surface area (Å²) in [6.45, 7) is 3.42. The molecule has 1 saturated heterocycles. The maximum absolute atomic E-state index is 13.6. The van der Waals surface area contributed by atoms with Gasteiger partial charge in [0.25, 0.3) is 17.7 Å². The van der Waals surface area contributed by atoms with E-state index in [1.807, 2.05) is 19.1 Å². The predicted octanol–water partition coefficient (Wildman–Crippen LogP) is 4.17. The number of halogens is 1. The second kappa shape index (κ2) is 8.71. The van der Waals surface area contributed by atoms with E-state index in [4.69, 9.17) is 11.6 Å². The maximum atomic E-state index is 13.6. The number of hydrogen-bond acceptors (Lipinski definition) is 4. The van der Waals surface area contributed by atoms with E-state index >= 15 is 0 Å². The number of carbonyl (C=O) groups is 4. The maximum Gasteiger partial charge on any atom is 0.273 e. The van der Waals surface area contributed by atoms with Gasteiger partial charge in [0.1, 0.15) is 6.04 Å². The van der Waals surface area contributed by atoms with Gasteiger partial charge in [-0.1, -0.05) is 61.0 Å². The molecule has 32 heavy (non-hydrogen) atoms. The lowest BCUT2D eigenvalue weighted by atomic mass is 9.78. The van der Waals surface area contributed by atoms with Crippen molar-refractivity contribution >= 4 is 35.1 Å². The fourth-order valence-electron chi connectivity index (χ4n) is 4.46. The number of amides is 3. The molecular formula is C25H23ClN2O4. The predicted molar refractivity (Wildman–Crippen MR) is 120 cm³/mol. The number of rotatable bonds is 5. The first kappa shape index (κ1) is 22.0. The Morgan fingerprint density at radius 2 is 1.66 bits per heavy atom. The minimum Gasteiger partial charge on any atom is -0.292 e. The van der Waals surface area contributed by atoms with Crippen molar-refractivity contribution in [3.63, 3.8) is 0 Å². The van der Waals surface area contributed by atoms with E-state index in [0.717, 1.165) is 10.0 Å². The second-order valence-corrected chi connectivity index (χ2v) is 8.64.